The zero-order valence-electron chi connectivity index (χ0n) is 11.1. The summed E-state index contributed by atoms with van der Waals surface area (Å²) >= 11 is 1.15. The van der Waals surface area contributed by atoms with Crippen LogP contribution in [0.15, 0.2) is 9.21 Å². The second kappa shape index (κ2) is 5.00. The second-order valence-electron chi connectivity index (χ2n) is 4.14. The number of aryl methyl sites for hydroxylation is 1. The van der Waals surface area contributed by atoms with Crippen molar-refractivity contribution in [1.82, 2.24) is 4.98 Å². The number of fused-ring (bicyclic) bond motifs is 1. The summed E-state index contributed by atoms with van der Waals surface area (Å²) < 4.78 is 10.1. The Labute approximate surface area is 113 Å². The van der Waals surface area contributed by atoms with E-state index in [1.807, 2.05) is 0 Å². The van der Waals surface area contributed by atoms with Gasteiger partial charge >= 0.3 is 17.6 Å². The van der Waals surface area contributed by atoms with Crippen molar-refractivity contribution >= 4 is 33.5 Å². The Morgan fingerprint density at radius 3 is 2.74 bits per heavy atom. The van der Waals surface area contributed by atoms with Crippen LogP contribution in [0.25, 0.3) is 10.2 Å². The summed E-state index contributed by atoms with van der Waals surface area (Å²) in [7, 11) is 3.45. The standard InChI is InChI=1S/C12H14N2O4S/c1-5-17-11(16)8-6(2)7-9(19-8)13-12(14(3)4)18-10(7)15/h5H2,1-4H3. The van der Waals surface area contributed by atoms with E-state index in [1.54, 1.807) is 32.8 Å². The topological polar surface area (TPSA) is 72.6 Å². The Balaban J connectivity index is 2.66. The maximum Gasteiger partial charge on any atom is 0.349 e. The van der Waals surface area contributed by atoms with Crippen molar-refractivity contribution < 1.29 is 13.9 Å². The molecule has 0 aliphatic rings. The molecule has 0 aromatic carbocycles. The summed E-state index contributed by atoms with van der Waals surface area (Å²) in [5, 5.41) is 0.346. The normalized spacial score (nSPS) is 10.7. The van der Waals surface area contributed by atoms with E-state index in [1.165, 1.54) is 0 Å². The molecule has 0 saturated heterocycles. The van der Waals surface area contributed by atoms with Crippen LogP contribution in [-0.4, -0.2) is 31.7 Å². The number of carbonyl (C=O) groups is 1. The Morgan fingerprint density at radius 1 is 1.47 bits per heavy atom. The van der Waals surface area contributed by atoms with Crippen LogP contribution >= 0.6 is 11.3 Å². The summed E-state index contributed by atoms with van der Waals surface area (Å²) in [5.74, 6) is -0.436. The molecule has 0 bridgehead atoms. The van der Waals surface area contributed by atoms with Gasteiger partial charge in [-0.25, -0.2) is 9.59 Å². The van der Waals surface area contributed by atoms with Crippen molar-refractivity contribution in [1.29, 1.82) is 0 Å². The number of thiophene rings is 1. The Bertz CT molecular complexity index is 687. The highest BCUT2D eigenvalue weighted by atomic mass is 32.1. The molecule has 0 atom stereocenters. The fraction of sp³-hybridized carbons (Fsp3) is 0.417. The highest BCUT2D eigenvalue weighted by Gasteiger charge is 2.21. The molecule has 7 heteroatoms. The number of anilines is 1. The predicted octanol–water partition coefficient (Wildman–Crippen LogP) is 1.80. The fourth-order valence-corrected chi connectivity index (χ4v) is 2.70. The minimum Gasteiger partial charge on any atom is -0.462 e. The minimum atomic E-state index is -0.488. The zero-order valence-corrected chi connectivity index (χ0v) is 12.0. The van der Waals surface area contributed by atoms with Crippen LogP contribution in [0.3, 0.4) is 0 Å². The van der Waals surface area contributed by atoms with Gasteiger partial charge in [0.25, 0.3) is 0 Å². The molecule has 19 heavy (non-hydrogen) atoms. The van der Waals surface area contributed by atoms with E-state index in [9.17, 15) is 9.59 Å². The first-order chi connectivity index (χ1) is 8.95. The van der Waals surface area contributed by atoms with E-state index in [-0.39, 0.29) is 12.6 Å². The lowest BCUT2D eigenvalue weighted by Gasteiger charge is -2.07. The number of nitrogens with zero attached hydrogens (tertiary/aromatic N) is 2. The lowest BCUT2D eigenvalue weighted by Crippen LogP contribution is -2.14. The number of hydrogen-bond donors (Lipinski definition) is 0. The Hall–Kier alpha value is -1.89. The zero-order chi connectivity index (χ0) is 14.2. The molecular weight excluding hydrogens is 268 g/mol. The molecule has 2 aromatic heterocycles. The molecule has 2 aromatic rings. The molecule has 2 rings (SSSR count). The quantitative estimate of drug-likeness (QED) is 0.799. The van der Waals surface area contributed by atoms with Crippen LogP contribution in [-0.2, 0) is 4.74 Å². The summed E-state index contributed by atoms with van der Waals surface area (Å²) in [6.45, 7) is 3.72. The average molecular weight is 282 g/mol. The van der Waals surface area contributed by atoms with Crippen LogP contribution in [0, 0.1) is 6.92 Å². The first-order valence-electron chi connectivity index (χ1n) is 5.74. The largest absolute Gasteiger partial charge is 0.462 e. The summed E-state index contributed by atoms with van der Waals surface area (Å²) in [4.78, 5) is 30.4. The van der Waals surface area contributed by atoms with Crippen molar-refractivity contribution in [3.05, 3.63) is 20.9 Å². The third-order valence-electron chi connectivity index (χ3n) is 2.56. The summed E-state index contributed by atoms with van der Waals surface area (Å²) in [6, 6.07) is 0.217. The molecule has 0 spiro atoms. The van der Waals surface area contributed by atoms with E-state index in [4.69, 9.17) is 9.15 Å². The first-order valence-corrected chi connectivity index (χ1v) is 6.56. The van der Waals surface area contributed by atoms with Gasteiger partial charge in [-0.2, -0.15) is 4.98 Å². The number of aromatic nitrogens is 1. The molecule has 0 aliphatic carbocycles. The summed E-state index contributed by atoms with van der Waals surface area (Å²) in [6.07, 6.45) is 0. The Kier molecular flexibility index (Phi) is 3.57. The van der Waals surface area contributed by atoms with Crippen LogP contribution in [0.1, 0.15) is 22.2 Å². The van der Waals surface area contributed by atoms with E-state index in [2.05, 4.69) is 4.98 Å². The van der Waals surface area contributed by atoms with Crippen molar-refractivity contribution in [3.8, 4) is 0 Å². The van der Waals surface area contributed by atoms with Gasteiger partial charge in [0.1, 0.15) is 15.1 Å². The number of ether oxygens (including phenoxy) is 1. The van der Waals surface area contributed by atoms with E-state index >= 15 is 0 Å². The van der Waals surface area contributed by atoms with Crippen molar-refractivity contribution in [3.63, 3.8) is 0 Å². The molecule has 0 saturated carbocycles. The van der Waals surface area contributed by atoms with Gasteiger partial charge in [0.15, 0.2) is 0 Å². The molecule has 0 amide bonds. The van der Waals surface area contributed by atoms with Crippen molar-refractivity contribution in [2.24, 2.45) is 0 Å². The van der Waals surface area contributed by atoms with Gasteiger partial charge in [-0.1, -0.05) is 0 Å². The van der Waals surface area contributed by atoms with Gasteiger partial charge in [0.05, 0.1) is 6.61 Å². The van der Waals surface area contributed by atoms with E-state index < -0.39 is 11.6 Å². The van der Waals surface area contributed by atoms with Crippen molar-refractivity contribution in [2.75, 3.05) is 25.6 Å². The van der Waals surface area contributed by atoms with Crippen molar-refractivity contribution in [2.45, 2.75) is 13.8 Å². The third-order valence-corrected chi connectivity index (χ3v) is 3.72. The van der Waals surface area contributed by atoms with E-state index in [0.717, 1.165) is 11.3 Å². The SMILES string of the molecule is CCOC(=O)c1sc2nc(N(C)C)oc(=O)c2c1C. The summed E-state index contributed by atoms with van der Waals surface area (Å²) in [5.41, 5.74) is 0.0722. The van der Waals surface area contributed by atoms with Gasteiger partial charge in [-0.15, -0.1) is 11.3 Å². The Morgan fingerprint density at radius 2 is 2.16 bits per heavy atom. The lowest BCUT2D eigenvalue weighted by atomic mass is 10.2. The molecule has 102 valence electrons. The highest BCUT2D eigenvalue weighted by molar-refractivity contribution is 7.20. The molecule has 0 radical (unpaired) electrons. The maximum atomic E-state index is 11.9. The highest BCUT2D eigenvalue weighted by Crippen LogP contribution is 2.29. The monoisotopic (exact) mass is 282 g/mol. The minimum absolute atomic E-state index is 0.217. The molecule has 0 fully saturated rings. The third kappa shape index (κ3) is 2.33. The fourth-order valence-electron chi connectivity index (χ4n) is 1.64. The lowest BCUT2D eigenvalue weighted by molar-refractivity contribution is 0.0531. The predicted molar refractivity (Wildman–Crippen MR) is 73.2 cm³/mol. The van der Waals surface area contributed by atoms with Gasteiger partial charge in [-0.05, 0) is 19.4 Å². The van der Waals surface area contributed by atoms with Crippen LogP contribution in [0.5, 0.6) is 0 Å². The van der Waals surface area contributed by atoms with Gasteiger partial charge in [-0.3, -0.25) is 0 Å². The van der Waals surface area contributed by atoms with E-state index in [0.29, 0.717) is 20.7 Å². The molecule has 2 heterocycles. The molecule has 0 unspecified atom stereocenters. The molecule has 0 aliphatic heterocycles. The van der Waals surface area contributed by atoms with Gasteiger partial charge < -0.3 is 14.1 Å². The number of carbonyl (C=O) groups excluding carboxylic acids is 1. The smallest absolute Gasteiger partial charge is 0.349 e. The van der Waals surface area contributed by atoms with Crippen LogP contribution in [0.4, 0.5) is 6.01 Å². The van der Waals surface area contributed by atoms with Crippen LogP contribution < -0.4 is 10.5 Å². The molecule has 6 nitrogen and oxygen atoms in total. The van der Waals surface area contributed by atoms with Gasteiger partial charge in [0.2, 0.25) is 0 Å². The second-order valence-corrected chi connectivity index (χ2v) is 5.13. The molecular formula is C12H14N2O4S. The number of rotatable bonds is 3. The number of hydrogen-bond acceptors (Lipinski definition) is 7. The number of esters is 1. The van der Waals surface area contributed by atoms with Gasteiger partial charge in [0, 0.05) is 14.1 Å². The molecule has 0 N–H and O–H groups in total. The first kappa shape index (κ1) is 13.5. The van der Waals surface area contributed by atoms with Crippen LogP contribution in [0.2, 0.25) is 0 Å². The average Bonchev–Trinajstić information content (AvgIpc) is 2.67. The maximum absolute atomic E-state index is 11.9.